The standard InChI is InChI=1S/C17H19N3O3S/c1-10-8-18-13(11(2)16(10)23-4)9-24(21)15-7-12-5-6-14(22-3)19-17(12)20-15/h5-6,8H,7,9H2,1-4H3. The molecule has 0 radical (unpaired) electrons. The summed E-state index contributed by atoms with van der Waals surface area (Å²) in [6, 6.07) is 3.70. The van der Waals surface area contributed by atoms with Crippen LogP contribution >= 0.6 is 0 Å². The predicted molar refractivity (Wildman–Crippen MR) is 93.7 cm³/mol. The van der Waals surface area contributed by atoms with Gasteiger partial charge in [0.15, 0.2) is 5.82 Å². The Morgan fingerprint density at radius 3 is 2.71 bits per heavy atom. The molecule has 0 aromatic carbocycles. The highest BCUT2D eigenvalue weighted by Gasteiger charge is 2.23. The molecule has 1 aliphatic heterocycles. The lowest BCUT2D eigenvalue weighted by molar-refractivity contribution is 0.398. The maximum Gasteiger partial charge on any atom is 0.214 e. The molecule has 2 aromatic heterocycles. The van der Waals surface area contributed by atoms with Crippen molar-refractivity contribution in [3.05, 3.63) is 40.7 Å². The molecule has 0 bridgehead atoms. The summed E-state index contributed by atoms with van der Waals surface area (Å²) in [5.74, 6) is 2.20. The number of aliphatic imine (C=N–C) groups is 1. The molecule has 6 nitrogen and oxygen atoms in total. The number of ether oxygens (including phenoxy) is 2. The van der Waals surface area contributed by atoms with E-state index in [9.17, 15) is 4.21 Å². The minimum absolute atomic E-state index is 0.312. The molecule has 3 heterocycles. The van der Waals surface area contributed by atoms with Crippen LogP contribution in [0.4, 0.5) is 5.82 Å². The number of methoxy groups -OCH3 is 2. The summed E-state index contributed by atoms with van der Waals surface area (Å²) in [5, 5.41) is 0.617. The average molecular weight is 345 g/mol. The van der Waals surface area contributed by atoms with Gasteiger partial charge in [-0.05, 0) is 19.9 Å². The quantitative estimate of drug-likeness (QED) is 0.852. The van der Waals surface area contributed by atoms with Crippen molar-refractivity contribution in [2.75, 3.05) is 14.2 Å². The van der Waals surface area contributed by atoms with Crippen LogP contribution in [0.3, 0.4) is 0 Å². The first-order valence-corrected chi connectivity index (χ1v) is 8.84. The molecular weight excluding hydrogens is 326 g/mol. The first-order valence-electron chi connectivity index (χ1n) is 7.52. The molecule has 1 unspecified atom stereocenters. The van der Waals surface area contributed by atoms with E-state index < -0.39 is 10.8 Å². The number of nitrogens with zero attached hydrogens (tertiary/aromatic N) is 3. The highest BCUT2D eigenvalue weighted by molar-refractivity contribution is 8.00. The van der Waals surface area contributed by atoms with Gasteiger partial charge < -0.3 is 9.47 Å². The summed E-state index contributed by atoms with van der Waals surface area (Å²) in [6.07, 6.45) is 2.29. The maximum atomic E-state index is 12.7. The third-order valence-electron chi connectivity index (χ3n) is 3.99. The maximum absolute atomic E-state index is 12.7. The van der Waals surface area contributed by atoms with Gasteiger partial charge in [0, 0.05) is 35.4 Å². The van der Waals surface area contributed by atoms with E-state index >= 15 is 0 Å². The van der Waals surface area contributed by atoms with Gasteiger partial charge in [-0.15, -0.1) is 0 Å². The highest BCUT2D eigenvalue weighted by atomic mass is 32.2. The molecule has 2 aromatic rings. The van der Waals surface area contributed by atoms with Crippen LogP contribution in [0, 0.1) is 13.8 Å². The fourth-order valence-electron chi connectivity index (χ4n) is 2.68. The van der Waals surface area contributed by atoms with Crippen molar-refractivity contribution in [1.82, 2.24) is 9.97 Å². The molecule has 0 fully saturated rings. The van der Waals surface area contributed by atoms with E-state index in [2.05, 4.69) is 15.0 Å². The second-order valence-electron chi connectivity index (χ2n) is 5.55. The molecule has 1 aliphatic rings. The van der Waals surface area contributed by atoms with Crippen molar-refractivity contribution in [3.63, 3.8) is 0 Å². The molecule has 24 heavy (non-hydrogen) atoms. The molecule has 0 amide bonds. The summed E-state index contributed by atoms with van der Waals surface area (Å²) in [4.78, 5) is 13.1. The minimum Gasteiger partial charge on any atom is -0.496 e. The minimum atomic E-state index is -1.26. The van der Waals surface area contributed by atoms with Crippen molar-refractivity contribution < 1.29 is 13.7 Å². The summed E-state index contributed by atoms with van der Waals surface area (Å²) in [5.41, 5.74) is 3.61. The van der Waals surface area contributed by atoms with E-state index in [1.807, 2.05) is 19.9 Å². The van der Waals surface area contributed by atoms with E-state index in [4.69, 9.17) is 9.47 Å². The Balaban J connectivity index is 1.82. The molecule has 0 spiro atoms. The lowest BCUT2D eigenvalue weighted by Crippen LogP contribution is -2.12. The highest BCUT2D eigenvalue weighted by Crippen LogP contribution is 2.29. The smallest absolute Gasteiger partial charge is 0.214 e. The van der Waals surface area contributed by atoms with Crippen molar-refractivity contribution >= 4 is 21.7 Å². The fraction of sp³-hybridized carbons (Fsp3) is 0.353. The summed E-state index contributed by atoms with van der Waals surface area (Å²) in [6.45, 7) is 3.87. The van der Waals surface area contributed by atoms with Crippen molar-refractivity contribution in [3.8, 4) is 11.6 Å². The van der Waals surface area contributed by atoms with Crippen LogP contribution in [-0.2, 0) is 23.0 Å². The number of aromatic nitrogens is 2. The monoisotopic (exact) mass is 345 g/mol. The Morgan fingerprint density at radius 1 is 1.21 bits per heavy atom. The van der Waals surface area contributed by atoms with E-state index in [1.165, 1.54) is 0 Å². The zero-order chi connectivity index (χ0) is 17.3. The molecule has 0 aliphatic carbocycles. The van der Waals surface area contributed by atoms with Crippen LogP contribution in [0.5, 0.6) is 11.6 Å². The van der Waals surface area contributed by atoms with Gasteiger partial charge in [-0.25, -0.2) is 4.99 Å². The van der Waals surface area contributed by atoms with Gasteiger partial charge in [0.1, 0.15) is 10.8 Å². The summed E-state index contributed by atoms with van der Waals surface area (Å²) < 4.78 is 23.2. The SMILES string of the molecule is COc1ccc2c(n1)N=C(S(=O)Cc1ncc(C)c(OC)c1C)C2. The fourth-order valence-corrected chi connectivity index (χ4v) is 3.90. The van der Waals surface area contributed by atoms with Crippen molar-refractivity contribution in [2.45, 2.75) is 26.0 Å². The number of rotatable bonds is 4. The molecule has 3 rings (SSSR count). The van der Waals surface area contributed by atoms with Crippen LogP contribution in [0.2, 0.25) is 0 Å². The zero-order valence-electron chi connectivity index (χ0n) is 14.1. The largest absolute Gasteiger partial charge is 0.496 e. The van der Waals surface area contributed by atoms with E-state index in [0.29, 0.717) is 28.9 Å². The van der Waals surface area contributed by atoms with Gasteiger partial charge >= 0.3 is 0 Å². The van der Waals surface area contributed by atoms with Gasteiger partial charge in [-0.3, -0.25) is 9.19 Å². The Hall–Kier alpha value is -2.28. The molecular formula is C17H19N3O3S. The molecule has 1 atom stereocenters. The van der Waals surface area contributed by atoms with Crippen LogP contribution in [0.25, 0.3) is 0 Å². The predicted octanol–water partition coefficient (Wildman–Crippen LogP) is 2.65. The molecule has 0 saturated heterocycles. The normalized spacial score (nSPS) is 14.1. The average Bonchev–Trinajstić information content (AvgIpc) is 3.01. The Morgan fingerprint density at radius 2 is 2.00 bits per heavy atom. The van der Waals surface area contributed by atoms with Crippen LogP contribution in [-0.4, -0.2) is 33.4 Å². The van der Waals surface area contributed by atoms with Gasteiger partial charge in [0.05, 0.1) is 36.5 Å². The Labute approximate surface area is 143 Å². The van der Waals surface area contributed by atoms with Crippen LogP contribution in [0.1, 0.15) is 22.4 Å². The first-order chi connectivity index (χ1) is 11.5. The summed E-state index contributed by atoms with van der Waals surface area (Å²) >= 11 is 0. The lowest BCUT2D eigenvalue weighted by atomic mass is 10.1. The molecule has 0 N–H and O–H groups in total. The number of hydrogen-bond acceptors (Lipinski definition) is 6. The Bertz CT molecular complexity index is 849. The van der Waals surface area contributed by atoms with Crippen LogP contribution < -0.4 is 9.47 Å². The topological polar surface area (TPSA) is 73.7 Å². The van der Waals surface area contributed by atoms with Crippen LogP contribution in [0.15, 0.2) is 23.3 Å². The van der Waals surface area contributed by atoms with E-state index in [0.717, 1.165) is 28.1 Å². The Kier molecular flexibility index (Phi) is 4.62. The van der Waals surface area contributed by atoms with Gasteiger partial charge in [-0.2, -0.15) is 4.98 Å². The third kappa shape index (κ3) is 3.03. The molecule has 7 heteroatoms. The second kappa shape index (κ2) is 6.68. The number of pyridine rings is 2. The van der Waals surface area contributed by atoms with Gasteiger partial charge in [0.2, 0.25) is 5.88 Å². The van der Waals surface area contributed by atoms with Gasteiger partial charge in [-0.1, -0.05) is 0 Å². The third-order valence-corrected chi connectivity index (χ3v) is 5.29. The zero-order valence-corrected chi connectivity index (χ0v) is 14.9. The number of aryl methyl sites for hydroxylation is 1. The second-order valence-corrected chi connectivity index (χ2v) is 7.01. The van der Waals surface area contributed by atoms with Crippen molar-refractivity contribution in [2.24, 2.45) is 4.99 Å². The van der Waals surface area contributed by atoms with E-state index in [-0.39, 0.29) is 0 Å². The molecule has 0 saturated carbocycles. The molecule has 126 valence electrons. The number of hydrogen-bond donors (Lipinski definition) is 0. The van der Waals surface area contributed by atoms with Gasteiger partial charge in [0.25, 0.3) is 0 Å². The van der Waals surface area contributed by atoms with E-state index in [1.54, 1.807) is 26.5 Å². The first kappa shape index (κ1) is 16.6. The van der Waals surface area contributed by atoms with Crippen molar-refractivity contribution in [1.29, 1.82) is 0 Å². The lowest BCUT2D eigenvalue weighted by Gasteiger charge is -2.11. The summed E-state index contributed by atoms with van der Waals surface area (Å²) in [7, 11) is 1.94. The number of fused-ring (bicyclic) bond motifs is 1.